The first-order chi connectivity index (χ1) is 14.5. The van der Waals surface area contributed by atoms with Gasteiger partial charge in [-0.2, -0.15) is 13.2 Å². The van der Waals surface area contributed by atoms with Crippen LogP contribution in [0.15, 0.2) is 42.7 Å². The molecule has 4 heterocycles. The zero-order valence-electron chi connectivity index (χ0n) is 16.4. The number of hydrogen-bond acceptors (Lipinski definition) is 5. The van der Waals surface area contributed by atoms with E-state index in [1.807, 2.05) is 0 Å². The molecular weight excluding hydrogens is 421 g/mol. The van der Waals surface area contributed by atoms with E-state index in [9.17, 15) is 27.1 Å². The second-order valence-corrected chi connectivity index (χ2v) is 7.68. The Bertz CT molecular complexity index is 1090. The molecule has 1 unspecified atom stereocenters. The first-order valence-corrected chi connectivity index (χ1v) is 9.58. The van der Waals surface area contributed by atoms with Crippen LogP contribution in [-0.2, 0) is 5.60 Å². The molecule has 0 saturated carbocycles. The lowest BCUT2D eigenvalue weighted by molar-refractivity contribution is -0.259. The number of aliphatic hydroxyl groups is 1. The van der Waals surface area contributed by atoms with Gasteiger partial charge in [-0.1, -0.05) is 12.1 Å². The van der Waals surface area contributed by atoms with Gasteiger partial charge in [-0.05, 0) is 25.1 Å². The highest BCUT2D eigenvalue weighted by Crippen LogP contribution is 2.38. The second-order valence-electron chi connectivity index (χ2n) is 7.68. The Morgan fingerprint density at radius 1 is 1.23 bits per heavy atom. The molecule has 1 fully saturated rings. The fourth-order valence-electron chi connectivity index (χ4n) is 3.44. The average molecular weight is 441 g/mol. The summed E-state index contributed by atoms with van der Waals surface area (Å²) in [5.41, 5.74) is -2.40. The number of halogens is 5. The Morgan fingerprint density at radius 2 is 2.00 bits per heavy atom. The Morgan fingerprint density at radius 3 is 2.71 bits per heavy atom. The smallest absolute Gasteiger partial charge is 0.376 e. The van der Waals surface area contributed by atoms with Gasteiger partial charge in [-0.3, -0.25) is 4.40 Å². The number of hydrogen-bond donors (Lipinski definition) is 3. The lowest BCUT2D eigenvalue weighted by atomic mass is 9.97. The quantitative estimate of drug-likeness (QED) is 0.540. The van der Waals surface area contributed by atoms with E-state index < -0.39 is 23.7 Å². The van der Waals surface area contributed by atoms with Crippen molar-refractivity contribution in [2.24, 2.45) is 0 Å². The minimum absolute atomic E-state index is 0.0738. The molecule has 166 valence electrons. The fraction of sp³-hybridized carbons (Fsp3) is 0.400. The molecular formula is C20H20F5N5O. The van der Waals surface area contributed by atoms with Crippen molar-refractivity contribution in [3.05, 3.63) is 48.3 Å². The molecule has 4 rings (SSSR count). The van der Waals surface area contributed by atoms with Gasteiger partial charge >= 0.3 is 6.18 Å². The summed E-state index contributed by atoms with van der Waals surface area (Å²) >= 11 is 0. The zero-order valence-corrected chi connectivity index (χ0v) is 16.4. The highest BCUT2D eigenvalue weighted by molar-refractivity contribution is 5.62. The van der Waals surface area contributed by atoms with Crippen molar-refractivity contribution in [2.75, 3.05) is 18.4 Å². The summed E-state index contributed by atoms with van der Waals surface area (Å²) in [6.45, 7) is 0.973. The summed E-state index contributed by atoms with van der Waals surface area (Å²) in [5.74, 6) is -2.69. The van der Waals surface area contributed by atoms with E-state index in [0.29, 0.717) is 24.0 Å². The molecule has 11 heteroatoms. The minimum Gasteiger partial charge on any atom is -0.376 e. The van der Waals surface area contributed by atoms with Crippen molar-refractivity contribution in [1.29, 1.82) is 0 Å². The molecule has 1 saturated heterocycles. The summed E-state index contributed by atoms with van der Waals surface area (Å²) in [4.78, 5) is 8.51. The number of pyridine rings is 2. The van der Waals surface area contributed by atoms with Gasteiger partial charge in [-0.25, -0.2) is 18.7 Å². The number of rotatable bonds is 4. The Hall–Kier alpha value is -2.79. The summed E-state index contributed by atoms with van der Waals surface area (Å²) in [7, 11) is 0. The van der Waals surface area contributed by atoms with E-state index in [1.54, 1.807) is 12.1 Å². The predicted octanol–water partition coefficient (Wildman–Crippen LogP) is 3.58. The standard InChI is InChI=1S/C20H20F5N5O/c1-18(31,20(23,24)25)12-5-6-17-27-9-14(30(17)11-12)13-3-2-4-16(28-13)29-15-10-26-8-7-19(15,21)22/h2-6,9,11,15,26,31H,7-8,10H2,1H3,(H,28,29)/t15-,18?/m0/s1. The number of nitrogens with one attached hydrogen (secondary N) is 2. The van der Waals surface area contributed by atoms with E-state index in [2.05, 4.69) is 20.6 Å². The third-order valence-electron chi connectivity index (χ3n) is 5.45. The molecule has 0 amide bonds. The maximum absolute atomic E-state index is 14.1. The van der Waals surface area contributed by atoms with E-state index in [1.165, 1.54) is 22.7 Å². The number of imidazole rings is 1. The minimum atomic E-state index is -4.87. The predicted molar refractivity (Wildman–Crippen MR) is 104 cm³/mol. The monoisotopic (exact) mass is 441 g/mol. The van der Waals surface area contributed by atoms with Gasteiger partial charge < -0.3 is 15.7 Å². The lowest BCUT2D eigenvalue weighted by Crippen LogP contribution is -2.52. The van der Waals surface area contributed by atoms with Gasteiger partial charge in [0.05, 0.1) is 17.6 Å². The molecule has 1 aliphatic heterocycles. The van der Waals surface area contributed by atoms with Crippen molar-refractivity contribution in [2.45, 2.75) is 37.1 Å². The second kappa shape index (κ2) is 7.41. The normalized spacial score (nSPS) is 21.1. The molecule has 0 spiro atoms. The maximum atomic E-state index is 14.1. The fourth-order valence-corrected chi connectivity index (χ4v) is 3.44. The molecule has 0 aromatic carbocycles. The summed E-state index contributed by atoms with van der Waals surface area (Å²) < 4.78 is 69.4. The van der Waals surface area contributed by atoms with Gasteiger partial charge in [0.2, 0.25) is 0 Å². The van der Waals surface area contributed by atoms with Crippen molar-refractivity contribution >= 4 is 11.5 Å². The number of piperidine rings is 1. The van der Waals surface area contributed by atoms with E-state index in [-0.39, 0.29) is 30.9 Å². The SMILES string of the molecule is CC(O)(c1ccc2ncc(-c3cccc(N[C@H]4CNCCC4(F)F)n3)n2c1)C(F)(F)F. The van der Waals surface area contributed by atoms with Crippen LogP contribution < -0.4 is 10.6 Å². The summed E-state index contributed by atoms with van der Waals surface area (Å²) in [6, 6.07) is 6.12. The van der Waals surface area contributed by atoms with E-state index in [4.69, 9.17) is 0 Å². The van der Waals surface area contributed by atoms with Gasteiger partial charge in [0.1, 0.15) is 17.5 Å². The van der Waals surface area contributed by atoms with Crippen LogP contribution in [0.2, 0.25) is 0 Å². The first kappa shape index (κ1) is 21.4. The topological polar surface area (TPSA) is 74.5 Å². The van der Waals surface area contributed by atoms with Crippen molar-refractivity contribution in [1.82, 2.24) is 19.7 Å². The van der Waals surface area contributed by atoms with Crippen LogP contribution in [0.5, 0.6) is 0 Å². The molecule has 3 aromatic heterocycles. The third kappa shape index (κ3) is 3.94. The highest BCUT2D eigenvalue weighted by atomic mass is 19.4. The van der Waals surface area contributed by atoms with E-state index in [0.717, 1.165) is 12.3 Å². The molecule has 6 nitrogen and oxygen atoms in total. The highest BCUT2D eigenvalue weighted by Gasteiger charge is 2.51. The van der Waals surface area contributed by atoms with Crippen LogP contribution in [0.25, 0.3) is 17.0 Å². The van der Waals surface area contributed by atoms with Crippen LogP contribution in [0.1, 0.15) is 18.9 Å². The van der Waals surface area contributed by atoms with Crippen LogP contribution in [0, 0.1) is 0 Å². The van der Waals surface area contributed by atoms with Gasteiger partial charge in [0, 0.05) is 31.3 Å². The van der Waals surface area contributed by atoms with Crippen molar-refractivity contribution < 1.29 is 27.1 Å². The van der Waals surface area contributed by atoms with Crippen LogP contribution in [0.3, 0.4) is 0 Å². The Balaban J connectivity index is 1.69. The molecule has 3 aromatic rings. The molecule has 1 aliphatic rings. The molecule has 3 N–H and O–H groups in total. The maximum Gasteiger partial charge on any atom is 0.421 e. The first-order valence-electron chi connectivity index (χ1n) is 9.58. The molecule has 2 atom stereocenters. The van der Waals surface area contributed by atoms with Crippen LogP contribution >= 0.6 is 0 Å². The average Bonchev–Trinajstić information content (AvgIpc) is 3.12. The van der Waals surface area contributed by atoms with Crippen molar-refractivity contribution in [3.8, 4) is 11.4 Å². The molecule has 0 radical (unpaired) electrons. The number of anilines is 1. The van der Waals surface area contributed by atoms with Crippen molar-refractivity contribution in [3.63, 3.8) is 0 Å². The number of aromatic nitrogens is 3. The summed E-state index contributed by atoms with van der Waals surface area (Å²) in [5, 5.41) is 15.6. The van der Waals surface area contributed by atoms with Gasteiger partial charge in [0.25, 0.3) is 5.92 Å². The molecule has 31 heavy (non-hydrogen) atoms. The Kier molecular flexibility index (Phi) is 5.13. The summed E-state index contributed by atoms with van der Waals surface area (Å²) in [6.07, 6.45) is -2.60. The van der Waals surface area contributed by atoms with Crippen LogP contribution in [0.4, 0.5) is 27.8 Å². The molecule has 0 aliphatic carbocycles. The number of nitrogens with zero attached hydrogens (tertiary/aromatic N) is 3. The molecule has 0 bridgehead atoms. The number of alkyl halides is 5. The van der Waals surface area contributed by atoms with Gasteiger partial charge in [-0.15, -0.1) is 0 Å². The van der Waals surface area contributed by atoms with Crippen LogP contribution in [-0.4, -0.2) is 50.7 Å². The largest absolute Gasteiger partial charge is 0.421 e. The number of fused-ring (bicyclic) bond motifs is 1. The Labute approximate surface area is 174 Å². The third-order valence-corrected chi connectivity index (χ3v) is 5.45. The lowest BCUT2D eigenvalue weighted by Gasteiger charge is -2.32. The van der Waals surface area contributed by atoms with E-state index >= 15 is 0 Å². The zero-order chi connectivity index (χ0) is 22.4. The van der Waals surface area contributed by atoms with Gasteiger partial charge in [0.15, 0.2) is 5.60 Å².